The molecule has 0 aliphatic carbocycles. The highest BCUT2D eigenvalue weighted by atomic mass is 19.1. The van der Waals surface area contributed by atoms with Crippen molar-refractivity contribution in [3.8, 4) is 0 Å². The molecule has 1 fully saturated rings. The van der Waals surface area contributed by atoms with Crippen molar-refractivity contribution in [2.45, 2.75) is 38.8 Å². The van der Waals surface area contributed by atoms with E-state index in [4.69, 9.17) is 0 Å². The maximum Gasteiger partial charge on any atom is 0.237 e. The molecular weight excluding hydrogens is 262 g/mol. The Morgan fingerprint density at radius 2 is 2.10 bits per heavy atom. The number of nitrogens with one attached hydrogen (secondary N) is 2. The summed E-state index contributed by atoms with van der Waals surface area (Å²) >= 11 is 0. The largest absolute Gasteiger partial charge is 0.352 e. The van der Waals surface area contributed by atoms with E-state index >= 15 is 0 Å². The average Bonchev–Trinajstić information content (AvgIpc) is 2.80. The van der Waals surface area contributed by atoms with Crippen molar-refractivity contribution in [3.05, 3.63) is 35.4 Å². The Morgan fingerprint density at radius 3 is 2.65 bits per heavy atom. The SMILES string of the molecule is CC(Cc1c(F)cccc1F)NC(=O)C1NCCC1C. The lowest BCUT2D eigenvalue weighted by molar-refractivity contribution is -0.124. The number of carbonyl (C=O) groups excluding carboxylic acids is 1. The van der Waals surface area contributed by atoms with Gasteiger partial charge in [-0.2, -0.15) is 0 Å². The molecule has 2 rings (SSSR count). The van der Waals surface area contributed by atoms with Crippen LogP contribution in [0.1, 0.15) is 25.8 Å². The van der Waals surface area contributed by atoms with E-state index in [1.54, 1.807) is 6.92 Å². The van der Waals surface area contributed by atoms with Gasteiger partial charge in [0.1, 0.15) is 11.6 Å². The minimum absolute atomic E-state index is 0.0210. The molecule has 1 aliphatic rings. The maximum absolute atomic E-state index is 13.5. The summed E-state index contributed by atoms with van der Waals surface area (Å²) in [6.45, 7) is 4.60. The van der Waals surface area contributed by atoms with Crippen molar-refractivity contribution in [1.82, 2.24) is 10.6 Å². The zero-order valence-corrected chi connectivity index (χ0v) is 11.7. The van der Waals surface area contributed by atoms with Crippen molar-refractivity contribution in [2.75, 3.05) is 6.54 Å². The van der Waals surface area contributed by atoms with Crippen molar-refractivity contribution in [1.29, 1.82) is 0 Å². The van der Waals surface area contributed by atoms with E-state index in [-0.39, 0.29) is 35.9 Å². The lowest BCUT2D eigenvalue weighted by atomic mass is 10.0. The summed E-state index contributed by atoms with van der Waals surface area (Å²) in [5.74, 6) is -0.955. The van der Waals surface area contributed by atoms with Crippen molar-refractivity contribution in [3.63, 3.8) is 0 Å². The van der Waals surface area contributed by atoms with Gasteiger partial charge in [-0.15, -0.1) is 0 Å². The van der Waals surface area contributed by atoms with E-state index in [9.17, 15) is 13.6 Å². The van der Waals surface area contributed by atoms with Crippen LogP contribution in [0.4, 0.5) is 8.78 Å². The minimum atomic E-state index is -0.571. The number of benzene rings is 1. The van der Waals surface area contributed by atoms with E-state index in [1.807, 2.05) is 6.92 Å². The van der Waals surface area contributed by atoms with Crippen LogP contribution in [0.3, 0.4) is 0 Å². The monoisotopic (exact) mass is 282 g/mol. The van der Waals surface area contributed by atoms with E-state index in [1.165, 1.54) is 18.2 Å². The third-order valence-corrected chi connectivity index (χ3v) is 3.78. The lowest BCUT2D eigenvalue weighted by Gasteiger charge is -2.20. The Hall–Kier alpha value is -1.49. The Balaban J connectivity index is 1.95. The van der Waals surface area contributed by atoms with E-state index in [0.29, 0.717) is 0 Å². The van der Waals surface area contributed by atoms with Gasteiger partial charge in [0.2, 0.25) is 5.91 Å². The first-order valence-corrected chi connectivity index (χ1v) is 6.95. The molecule has 0 bridgehead atoms. The second kappa shape index (κ2) is 6.31. The molecule has 3 nitrogen and oxygen atoms in total. The normalized spacial score (nSPS) is 23.6. The minimum Gasteiger partial charge on any atom is -0.352 e. The molecule has 1 amide bonds. The van der Waals surface area contributed by atoms with Gasteiger partial charge in [-0.1, -0.05) is 13.0 Å². The molecule has 5 heteroatoms. The first kappa shape index (κ1) is 14.9. The smallest absolute Gasteiger partial charge is 0.237 e. The number of carbonyl (C=O) groups is 1. The predicted octanol–water partition coefficient (Wildman–Crippen LogP) is 2.01. The first-order valence-electron chi connectivity index (χ1n) is 6.95. The molecule has 110 valence electrons. The number of amides is 1. The molecule has 3 unspecified atom stereocenters. The van der Waals surface area contributed by atoms with Crippen LogP contribution in [0.25, 0.3) is 0 Å². The molecule has 0 radical (unpaired) electrons. The number of hydrogen-bond donors (Lipinski definition) is 2. The van der Waals surface area contributed by atoms with Crippen LogP contribution in [0.5, 0.6) is 0 Å². The molecule has 1 aliphatic heterocycles. The quantitative estimate of drug-likeness (QED) is 0.887. The number of rotatable bonds is 4. The Kier molecular flexibility index (Phi) is 4.70. The van der Waals surface area contributed by atoms with Crippen LogP contribution < -0.4 is 10.6 Å². The molecule has 2 N–H and O–H groups in total. The molecule has 1 saturated heterocycles. The summed E-state index contributed by atoms with van der Waals surface area (Å²) in [7, 11) is 0. The first-order chi connectivity index (χ1) is 9.49. The molecule has 1 heterocycles. The molecule has 0 aromatic heterocycles. The van der Waals surface area contributed by atoms with Gasteiger partial charge in [0.15, 0.2) is 0 Å². The second-order valence-electron chi connectivity index (χ2n) is 5.51. The summed E-state index contributed by atoms with van der Waals surface area (Å²) < 4.78 is 27.1. The highest BCUT2D eigenvalue weighted by Crippen LogP contribution is 2.16. The zero-order chi connectivity index (χ0) is 14.7. The van der Waals surface area contributed by atoms with E-state index in [0.717, 1.165) is 13.0 Å². The van der Waals surface area contributed by atoms with Gasteiger partial charge in [0.25, 0.3) is 0 Å². The van der Waals surface area contributed by atoms with E-state index in [2.05, 4.69) is 10.6 Å². The summed E-state index contributed by atoms with van der Waals surface area (Å²) in [5, 5.41) is 5.96. The Morgan fingerprint density at radius 1 is 1.45 bits per heavy atom. The number of halogens is 2. The van der Waals surface area contributed by atoms with Crippen LogP contribution in [-0.4, -0.2) is 24.5 Å². The van der Waals surface area contributed by atoms with Gasteiger partial charge in [0.05, 0.1) is 6.04 Å². The summed E-state index contributed by atoms with van der Waals surface area (Å²) in [5.41, 5.74) is 0.0210. The molecular formula is C15H20F2N2O. The fourth-order valence-electron chi connectivity index (χ4n) is 2.60. The van der Waals surface area contributed by atoms with Crippen LogP contribution in [-0.2, 0) is 11.2 Å². The average molecular weight is 282 g/mol. The summed E-state index contributed by atoms with van der Waals surface area (Å²) in [6.07, 6.45) is 1.11. The summed E-state index contributed by atoms with van der Waals surface area (Å²) in [4.78, 5) is 12.1. The third kappa shape index (κ3) is 3.33. The van der Waals surface area contributed by atoms with Gasteiger partial charge in [0, 0.05) is 11.6 Å². The van der Waals surface area contributed by atoms with Gasteiger partial charge in [-0.25, -0.2) is 8.78 Å². The number of hydrogen-bond acceptors (Lipinski definition) is 2. The molecule has 20 heavy (non-hydrogen) atoms. The van der Waals surface area contributed by atoms with Gasteiger partial charge < -0.3 is 10.6 Å². The van der Waals surface area contributed by atoms with Crippen LogP contribution in [0, 0.1) is 17.6 Å². The highest BCUT2D eigenvalue weighted by Gasteiger charge is 2.29. The zero-order valence-electron chi connectivity index (χ0n) is 11.7. The fourth-order valence-corrected chi connectivity index (χ4v) is 2.60. The lowest BCUT2D eigenvalue weighted by Crippen LogP contribution is -2.47. The fraction of sp³-hybridized carbons (Fsp3) is 0.533. The van der Waals surface area contributed by atoms with Gasteiger partial charge in [-0.3, -0.25) is 4.79 Å². The molecule has 0 saturated carbocycles. The Bertz CT molecular complexity index is 473. The van der Waals surface area contributed by atoms with Crippen LogP contribution >= 0.6 is 0 Å². The third-order valence-electron chi connectivity index (χ3n) is 3.78. The molecule has 1 aromatic carbocycles. The van der Waals surface area contributed by atoms with Crippen molar-refractivity contribution >= 4 is 5.91 Å². The van der Waals surface area contributed by atoms with Crippen LogP contribution in [0.2, 0.25) is 0 Å². The van der Waals surface area contributed by atoms with Gasteiger partial charge >= 0.3 is 0 Å². The van der Waals surface area contributed by atoms with Gasteiger partial charge in [-0.05, 0) is 44.4 Å². The molecule has 3 atom stereocenters. The molecule has 0 spiro atoms. The second-order valence-corrected chi connectivity index (χ2v) is 5.51. The van der Waals surface area contributed by atoms with Crippen LogP contribution in [0.15, 0.2) is 18.2 Å². The highest BCUT2D eigenvalue weighted by molar-refractivity contribution is 5.82. The topological polar surface area (TPSA) is 41.1 Å². The standard InChI is InChI=1S/C15H20F2N2O/c1-9-6-7-18-14(9)15(20)19-10(2)8-11-12(16)4-3-5-13(11)17/h3-5,9-10,14,18H,6-8H2,1-2H3,(H,19,20). The Labute approximate surface area is 117 Å². The van der Waals surface area contributed by atoms with Crippen molar-refractivity contribution in [2.24, 2.45) is 5.92 Å². The van der Waals surface area contributed by atoms with Crippen molar-refractivity contribution < 1.29 is 13.6 Å². The van der Waals surface area contributed by atoms with E-state index < -0.39 is 11.6 Å². The summed E-state index contributed by atoms with van der Waals surface area (Å²) in [6, 6.07) is 3.27. The predicted molar refractivity (Wildman–Crippen MR) is 73.2 cm³/mol. The maximum atomic E-state index is 13.5. The molecule has 1 aromatic rings.